The molecular weight excluding hydrogens is 280 g/mol. The van der Waals surface area contributed by atoms with Crippen LogP contribution in [-0.4, -0.2) is 11.9 Å². The van der Waals surface area contributed by atoms with Crippen LogP contribution >= 0.6 is 11.3 Å². The van der Waals surface area contributed by atoms with Gasteiger partial charge < -0.3 is 11.1 Å². The Hall–Kier alpha value is -1.65. The van der Waals surface area contributed by atoms with Gasteiger partial charge in [0.15, 0.2) is 0 Å². The van der Waals surface area contributed by atoms with Gasteiger partial charge in [-0.1, -0.05) is 44.2 Å². The average Bonchev–Trinajstić information content (AvgIpc) is 2.98. The Morgan fingerprint density at radius 2 is 1.71 bits per heavy atom. The third-order valence-electron chi connectivity index (χ3n) is 3.46. The van der Waals surface area contributed by atoms with Crippen LogP contribution in [0.3, 0.4) is 0 Å². The molecule has 3 nitrogen and oxygen atoms in total. The van der Waals surface area contributed by atoms with Crippen LogP contribution in [0.25, 0.3) is 0 Å². The highest BCUT2D eigenvalue weighted by Gasteiger charge is 2.19. The first kappa shape index (κ1) is 15.7. The van der Waals surface area contributed by atoms with Gasteiger partial charge in [-0.25, -0.2) is 0 Å². The Bertz CT molecular complexity index is 573. The molecule has 0 saturated carbocycles. The summed E-state index contributed by atoms with van der Waals surface area (Å²) in [5, 5.41) is 5.05. The van der Waals surface area contributed by atoms with Crippen molar-refractivity contribution in [3.05, 3.63) is 57.8 Å². The highest BCUT2D eigenvalue weighted by Crippen LogP contribution is 2.27. The van der Waals surface area contributed by atoms with Crippen LogP contribution in [0.1, 0.15) is 48.7 Å². The summed E-state index contributed by atoms with van der Waals surface area (Å²) in [5.41, 5.74) is 8.04. The summed E-state index contributed by atoms with van der Waals surface area (Å²) in [6, 6.07) is 11.8. The Morgan fingerprint density at radius 3 is 2.19 bits per heavy atom. The van der Waals surface area contributed by atoms with Crippen molar-refractivity contribution >= 4 is 17.2 Å². The highest BCUT2D eigenvalue weighted by atomic mass is 32.1. The predicted octanol–water partition coefficient (Wildman–Crippen LogP) is 3.42. The lowest BCUT2D eigenvalue weighted by Crippen LogP contribution is -2.40. The van der Waals surface area contributed by atoms with E-state index in [9.17, 15) is 4.79 Å². The summed E-state index contributed by atoms with van der Waals surface area (Å²) >= 11 is 1.63. The number of thiophene rings is 1. The van der Waals surface area contributed by atoms with Gasteiger partial charge in [0.2, 0.25) is 5.91 Å². The zero-order chi connectivity index (χ0) is 15.4. The number of nitrogens with two attached hydrogens (primary N) is 1. The quantitative estimate of drug-likeness (QED) is 0.889. The number of carbonyl (C=O) groups is 1. The Balaban J connectivity index is 2.29. The molecule has 0 radical (unpaired) electrons. The van der Waals surface area contributed by atoms with Gasteiger partial charge in [-0.05, 0) is 35.4 Å². The van der Waals surface area contributed by atoms with Crippen LogP contribution < -0.4 is 11.1 Å². The number of rotatable bonds is 5. The molecule has 0 fully saturated rings. The van der Waals surface area contributed by atoms with E-state index < -0.39 is 6.04 Å². The summed E-state index contributed by atoms with van der Waals surface area (Å²) < 4.78 is 0. The normalized spacial score (nSPS) is 14.0. The lowest BCUT2D eigenvalue weighted by atomic mass is 9.98. The third kappa shape index (κ3) is 3.93. The van der Waals surface area contributed by atoms with E-state index in [1.54, 1.807) is 18.3 Å². The molecule has 1 aromatic heterocycles. The molecule has 21 heavy (non-hydrogen) atoms. The van der Waals surface area contributed by atoms with E-state index in [0.29, 0.717) is 5.92 Å². The molecule has 4 heteroatoms. The molecule has 2 atom stereocenters. The molecule has 1 aromatic carbocycles. The second kappa shape index (κ2) is 6.87. The minimum absolute atomic E-state index is 0.135. The van der Waals surface area contributed by atoms with Gasteiger partial charge in [0.1, 0.15) is 0 Å². The molecule has 0 aliphatic heterocycles. The number of amides is 1. The number of hydrogen-bond acceptors (Lipinski definition) is 3. The van der Waals surface area contributed by atoms with E-state index in [4.69, 9.17) is 5.73 Å². The van der Waals surface area contributed by atoms with Gasteiger partial charge in [-0.2, -0.15) is 0 Å². The summed E-state index contributed by atoms with van der Waals surface area (Å²) in [6.45, 7) is 6.04. The first-order chi connectivity index (χ1) is 9.99. The summed E-state index contributed by atoms with van der Waals surface area (Å²) in [7, 11) is 0. The molecule has 0 spiro atoms. The van der Waals surface area contributed by atoms with Crippen LogP contribution in [0.4, 0.5) is 0 Å². The van der Waals surface area contributed by atoms with Crippen molar-refractivity contribution in [2.45, 2.75) is 38.8 Å². The molecule has 0 aliphatic carbocycles. The molecule has 2 rings (SSSR count). The summed E-state index contributed by atoms with van der Waals surface area (Å²) in [4.78, 5) is 13.1. The van der Waals surface area contributed by atoms with Crippen LogP contribution in [0.2, 0.25) is 0 Å². The highest BCUT2D eigenvalue weighted by molar-refractivity contribution is 7.10. The molecule has 1 unspecified atom stereocenters. The van der Waals surface area contributed by atoms with Crippen LogP contribution in [0.5, 0.6) is 0 Å². The smallest absolute Gasteiger partial charge is 0.237 e. The molecule has 1 amide bonds. The topological polar surface area (TPSA) is 55.1 Å². The van der Waals surface area contributed by atoms with Crippen LogP contribution in [-0.2, 0) is 4.79 Å². The minimum atomic E-state index is -0.512. The molecule has 3 N–H and O–H groups in total. The van der Waals surface area contributed by atoms with Crippen molar-refractivity contribution in [3.8, 4) is 0 Å². The van der Waals surface area contributed by atoms with Gasteiger partial charge >= 0.3 is 0 Å². The monoisotopic (exact) mass is 302 g/mol. The molecule has 0 bridgehead atoms. The molecule has 0 saturated heterocycles. The van der Waals surface area contributed by atoms with Gasteiger partial charge in [-0.15, -0.1) is 11.3 Å². The maximum Gasteiger partial charge on any atom is 0.237 e. The van der Waals surface area contributed by atoms with Gasteiger partial charge in [0.25, 0.3) is 0 Å². The Kier molecular flexibility index (Phi) is 5.15. The predicted molar refractivity (Wildman–Crippen MR) is 88.5 cm³/mol. The van der Waals surface area contributed by atoms with E-state index in [-0.39, 0.29) is 11.9 Å². The van der Waals surface area contributed by atoms with Crippen molar-refractivity contribution in [2.24, 2.45) is 5.73 Å². The van der Waals surface area contributed by atoms with E-state index >= 15 is 0 Å². The van der Waals surface area contributed by atoms with Gasteiger partial charge in [-0.3, -0.25) is 4.79 Å². The second-order valence-electron chi connectivity index (χ2n) is 5.57. The number of benzene rings is 1. The Labute approximate surface area is 130 Å². The van der Waals surface area contributed by atoms with E-state index in [1.807, 2.05) is 17.5 Å². The van der Waals surface area contributed by atoms with Crippen molar-refractivity contribution in [2.75, 3.05) is 0 Å². The fourth-order valence-corrected chi connectivity index (χ4v) is 2.92. The number of hydrogen-bond donors (Lipinski definition) is 2. The standard InChI is InChI=1S/C17H22N2OS/c1-11(2)13-6-8-14(9-7-13)16(15-5-4-10-21-15)19-17(20)12(3)18/h4-12,16H,18H2,1-3H3,(H,19,20)/t12-,16?/m0/s1. The molecular formula is C17H22N2OS. The largest absolute Gasteiger partial charge is 0.343 e. The second-order valence-corrected chi connectivity index (χ2v) is 6.55. The fraction of sp³-hybridized carbons (Fsp3) is 0.353. The van der Waals surface area contributed by atoms with Crippen LogP contribution in [0.15, 0.2) is 41.8 Å². The van der Waals surface area contributed by atoms with Crippen molar-refractivity contribution < 1.29 is 4.79 Å². The third-order valence-corrected chi connectivity index (χ3v) is 4.40. The first-order valence-corrected chi connectivity index (χ1v) is 8.06. The molecule has 112 valence electrons. The molecule has 2 aromatic rings. The number of carbonyl (C=O) groups excluding carboxylic acids is 1. The van der Waals surface area contributed by atoms with Crippen molar-refractivity contribution in [1.82, 2.24) is 5.32 Å². The fourth-order valence-electron chi connectivity index (χ4n) is 2.12. The molecule has 0 aliphatic rings. The minimum Gasteiger partial charge on any atom is -0.343 e. The van der Waals surface area contributed by atoms with E-state index in [2.05, 4.69) is 43.4 Å². The van der Waals surface area contributed by atoms with E-state index in [0.717, 1.165) is 10.4 Å². The zero-order valence-corrected chi connectivity index (χ0v) is 13.5. The summed E-state index contributed by atoms with van der Waals surface area (Å²) in [5.74, 6) is 0.360. The van der Waals surface area contributed by atoms with Crippen LogP contribution in [0, 0.1) is 0 Å². The SMILES string of the molecule is CC(C)c1ccc(C(NC(=O)[C@H](C)N)c2cccs2)cc1. The Morgan fingerprint density at radius 1 is 1.10 bits per heavy atom. The number of nitrogens with one attached hydrogen (secondary N) is 1. The lowest BCUT2D eigenvalue weighted by molar-refractivity contribution is -0.122. The summed E-state index contributed by atoms with van der Waals surface area (Å²) in [6.07, 6.45) is 0. The van der Waals surface area contributed by atoms with Gasteiger partial charge in [0.05, 0.1) is 12.1 Å². The van der Waals surface area contributed by atoms with Crippen molar-refractivity contribution in [1.29, 1.82) is 0 Å². The maximum absolute atomic E-state index is 12.0. The first-order valence-electron chi connectivity index (χ1n) is 7.18. The van der Waals surface area contributed by atoms with E-state index in [1.165, 1.54) is 5.56 Å². The molecule has 1 heterocycles. The lowest BCUT2D eigenvalue weighted by Gasteiger charge is -2.20. The van der Waals surface area contributed by atoms with Crippen molar-refractivity contribution in [3.63, 3.8) is 0 Å². The maximum atomic E-state index is 12.0. The zero-order valence-electron chi connectivity index (χ0n) is 12.7. The average molecular weight is 302 g/mol. The van der Waals surface area contributed by atoms with Gasteiger partial charge in [0, 0.05) is 4.88 Å².